The monoisotopic (exact) mass is 138 g/mol. The summed E-state index contributed by atoms with van der Waals surface area (Å²) in [7, 11) is 0. The van der Waals surface area contributed by atoms with Crippen LogP contribution < -0.4 is 0 Å². The van der Waals surface area contributed by atoms with Gasteiger partial charge in [0.2, 0.25) is 0 Å². The third-order valence-electron chi connectivity index (χ3n) is 1.24. The maximum atomic E-state index is 6.93. The zero-order valence-electron chi connectivity index (χ0n) is 5.91. The molecule has 1 aromatic rings. The molecule has 0 saturated heterocycles. The largest absolute Gasteiger partial charge is 0.313 e. The van der Waals surface area contributed by atoms with Crippen molar-refractivity contribution in [3.8, 4) is 0 Å². The van der Waals surface area contributed by atoms with E-state index >= 15 is 0 Å². The van der Waals surface area contributed by atoms with Crippen LogP contribution in [0.5, 0.6) is 0 Å². The maximum Gasteiger partial charge on any atom is 0.174 e. The Hall–Kier alpha value is -1.19. The van der Waals surface area contributed by atoms with Crippen molar-refractivity contribution in [2.75, 3.05) is 0 Å². The fraction of sp³-hybridized carbons (Fsp3) is 0.500. The molecule has 54 valence electrons. The van der Waals surface area contributed by atoms with Gasteiger partial charge >= 0.3 is 0 Å². The topological polar surface area (TPSA) is 54.6 Å². The van der Waals surface area contributed by atoms with Crippen molar-refractivity contribution in [3.63, 3.8) is 0 Å². The van der Waals surface area contributed by atoms with Crippen molar-refractivity contribution in [3.05, 3.63) is 12.2 Å². The summed E-state index contributed by atoms with van der Waals surface area (Å²) in [5, 5.41) is 14.3. The van der Waals surface area contributed by atoms with Gasteiger partial charge in [-0.2, -0.15) is 0 Å². The molecular weight excluding hydrogens is 128 g/mol. The Balaban J connectivity index is 2.79. The van der Waals surface area contributed by atoms with Gasteiger partial charge in [0, 0.05) is 6.54 Å². The van der Waals surface area contributed by atoms with E-state index in [-0.39, 0.29) is 0 Å². The van der Waals surface area contributed by atoms with E-state index in [1.165, 1.54) is 6.21 Å². The number of nitrogens with zero attached hydrogens (tertiary/aromatic N) is 3. The highest BCUT2D eigenvalue weighted by molar-refractivity contribution is 5.71. The molecule has 0 saturated carbocycles. The minimum absolute atomic E-state index is 0.627. The lowest BCUT2D eigenvalue weighted by atomic mass is 10.5. The van der Waals surface area contributed by atoms with Crippen LogP contribution in [0.2, 0.25) is 0 Å². The van der Waals surface area contributed by atoms with Crippen LogP contribution in [0.15, 0.2) is 6.33 Å². The van der Waals surface area contributed by atoms with Crippen LogP contribution in [0.25, 0.3) is 0 Å². The summed E-state index contributed by atoms with van der Waals surface area (Å²) in [6.45, 7) is 2.96. The molecule has 0 bridgehead atoms. The minimum atomic E-state index is 0.627. The summed E-state index contributed by atoms with van der Waals surface area (Å²) in [4.78, 5) is 0. The number of aryl methyl sites for hydroxylation is 1. The molecule has 0 atom stereocenters. The van der Waals surface area contributed by atoms with E-state index in [1.807, 2.05) is 4.57 Å². The lowest BCUT2D eigenvalue weighted by Gasteiger charge is -1.97. The van der Waals surface area contributed by atoms with Crippen molar-refractivity contribution in [2.45, 2.75) is 19.9 Å². The summed E-state index contributed by atoms with van der Waals surface area (Å²) in [5.41, 5.74) is 0. The fourth-order valence-corrected chi connectivity index (χ4v) is 0.789. The second kappa shape index (κ2) is 3.10. The molecule has 0 aliphatic rings. The lowest BCUT2D eigenvalue weighted by Crippen LogP contribution is -2.00. The molecule has 0 amide bonds. The summed E-state index contributed by atoms with van der Waals surface area (Å²) < 4.78 is 1.85. The molecule has 0 fully saturated rings. The van der Waals surface area contributed by atoms with Crippen LogP contribution in [0.3, 0.4) is 0 Å². The Kier molecular flexibility index (Phi) is 2.15. The number of nitrogens with one attached hydrogen (secondary N) is 1. The van der Waals surface area contributed by atoms with Crippen LogP contribution >= 0.6 is 0 Å². The van der Waals surface area contributed by atoms with Gasteiger partial charge in [-0.25, -0.2) is 0 Å². The molecule has 0 radical (unpaired) electrons. The summed E-state index contributed by atoms with van der Waals surface area (Å²) in [5.74, 6) is 0.627. The lowest BCUT2D eigenvalue weighted by molar-refractivity contribution is 0.672. The van der Waals surface area contributed by atoms with Crippen LogP contribution in [0, 0.1) is 5.41 Å². The predicted molar refractivity (Wildman–Crippen MR) is 38.2 cm³/mol. The van der Waals surface area contributed by atoms with E-state index in [0.717, 1.165) is 13.0 Å². The Morgan fingerprint density at radius 1 is 1.80 bits per heavy atom. The Bertz CT molecular complexity index is 215. The van der Waals surface area contributed by atoms with E-state index < -0.39 is 0 Å². The molecule has 1 aromatic heterocycles. The zero-order valence-corrected chi connectivity index (χ0v) is 5.91. The van der Waals surface area contributed by atoms with Gasteiger partial charge in [-0.3, -0.25) is 0 Å². The van der Waals surface area contributed by atoms with E-state index in [2.05, 4.69) is 17.1 Å². The third kappa shape index (κ3) is 1.21. The molecule has 0 spiro atoms. The van der Waals surface area contributed by atoms with Crippen molar-refractivity contribution in [1.82, 2.24) is 14.8 Å². The third-order valence-corrected chi connectivity index (χ3v) is 1.24. The van der Waals surface area contributed by atoms with Crippen LogP contribution in [-0.4, -0.2) is 21.0 Å². The van der Waals surface area contributed by atoms with Crippen LogP contribution in [-0.2, 0) is 6.54 Å². The number of hydrogen-bond donors (Lipinski definition) is 1. The number of aromatic nitrogens is 3. The van der Waals surface area contributed by atoms with E-state index in [1.54, 1.807) is 6.33 Å². The molecule has 0 aliphatic carbocycles. The molecule has 1 heterocycles. The molecule has 1 N–H and O–H groups in total. The number of hydrogen-bond acceptors (Lipinski definition) is 3. The zero-order chi connectivity index (χ0) is 7.40. The first kappa shape index (κ1) is 6.92. The first-order valence-corrected chi connectivity index (χ1v) is 3.26. The summed E-state index contributed by atoms with van der Waals surface area (Å²) >= 11 is 0. The van der Waals surface area contributed by atoms with Gasteiger partial charge in [-0.15, -0.1) is 10.2 Å². The van der Waals surface area contributed by atoms with Gasteiger partial charge < -0.3 is 9.98 Å². The molecule has 4 heteroatoms. The van der Waals surface area contributed by atoms with Crippen LogP contribution in [0.1, 0.15) is 19.2 Å². The van der Waals surface area contributed by atoms with Gasteiger partial charge in [-0.05, 0) is 6.42 Å². The van der Waals surface area contributed by atoms with Crippen LogP contribution in [0.4, 0.5) is 0 Å². The summed E-state index contributed by atoms with van der Waals surface area (Å²) in [6, 6.07) is 0. The molecule has 1 rings (SSSR count). The fourth-order valence-electron chi connectivity index (χ4n) is 0.789. The number of rotatable bonds is 3. The van der Waals surface area contributed by atoms with Crippen molar-refractivity contribution < 1.29 is 0 Å². The quantitative estimate of drug-likeness (QED) is 0.624. The predicted octanol–water partition coefficient (Wildman–Crippen LogP) is 0.686. The first-order chi connectivity index (χ1) is 4.88. The van der Waals surface area contributed by atoms with Gasteiger partial charge in [0.1, 0.15) is 6.33 Å². The van der Waals surface area contributed by atoms with E-state index in [0.29, 0.717) is 5.82 Å². The standard InChI is InChI=1S/C6H10N4/c1-2-3-10-5-8-9-6(10)4-7/h4-5,7H,2-3H2,1H3. The van der Waals surface area contributed by atoms with Gasteiger partial charge in [-0.1, -0.05) is 6.92 Å². The molecular formula is C6H10N4. The summed E-state index contributed by atoms with van der Waals surface area (Å²) in [6.07, 6.45) is 3.89. The minimum Gasteiger partial charge on any atom is -0.313 e. The van der Waals surface area contributed by atoms with Gasteiger partial charge in [0.05, 0.1) is 6.21 Å². The molecule has 4 nitrogen and oxygen atoms in total. The van der Waals surface area contributed by atoms with Crippen molar-refractivity contribution in [2.24, 2.45) is 0 Å². The highest BCUT2D eigenvalue weighted by Crippen LogP contribution is 1.92. The Morgan fingerprint density at radius 3 is 3.20 bits per heavy atom. The highest BCUT2D eigenvalue weighted by atomic mass is 15.3. The smallest absolute Gasteiger partial charge is 0.174 e. The average molecular weight is 138 g/mol. The molecule has 0 unspecified atom stereocenters. The maximum absolute atomic E-state index is 6.93. The SMILES string of the molecule is CCCn1cnnc1C=N. The van der Waals surface area contributed by atoms with Crippen molar-refractivity contribution in [1.29, 1.82) is 5.41 Å². The van der Waals surface area contributed by atoms with Gasteiger partial charge in [0.15, 0.2) is 5.82 Å². The average Bonchev–Trinajstić information content (AvgIpc) is 2.36. The molecule has 0 aliphatic heterocycles. The Labute approximate surface area is 59.4 Å². The molecule has 10 heavy (non-hydrogen) atoms. The second-order valence-electron chi connectivity index (χ2n) is 2.03. The highest BCUT2D eigenvalue weighted by Gasteiger charge is 1.96. The van der Waals surface area contributed by atoms with Gasteiger partial charge in [0.25, 0.3) is 0 Å². The first-order valence-electron chi connectivity index (χ1n) is 3.26. The normalized spacial score (nSPS) is 9.70. The Morgan fingerprint density at radius 2 is 2.60 bits per heavy atom. The molecule has 0 aromatic carbocycles. The van der Waals surface area contributed by atoms with Crippen molar-refractivity contribution >= 4 is 6.21 Å². The van der Waals surface area contributed by atoms with E-state index in [4.69, 9.17) is 5.41 Å². The second-order valence-corrected chi connectivity index (χ2v) is 2.03. The van der Waals surface area contributed by atoms with E-state index in [9.17, 15) is 0 Å².